The van der Waals surface area contributed by atoms with Gasteiger partial charge in [-0.1, -0.05) is 54.6 Å². The SMILES string of the molecule is CC(=O)Oc1cccc(C)c1C.CC(=O)Oc1cccc(C)c1C.CC(=O)c1ccc(C)c(C)c1O.Cc1cccc(O)c1C.Cc1cccc(O)c1C.[Cl][Al]([Cl])[Cl]. The lowest BCUT2D eigenvalue weighted by atomic mass is 10.0. The quantitative estimate of drug-likeness (QED) is 0.0707. The topological polar surface area (TPSA) is 130 Å². The van der Waals surface area contributed by atoms with Gasteiger partial charge in [0, 0.05) is 13.8 Å². The van der Waals surface area contributed by atoms with E-state index >= 15 is 0 Å². The molecule has 0 saturated carbocycles. The Labute approximate surface area is 361 Å². The predicted molar refractivity (Wildman–Crippen MR) is 241 cm³/mol. The van der Waals surface area contributed by atoms with E-state index in [1.54, 1.807) is 37.3 Å². The molecule has 0 amide bonds. The van der Waals surface area contributed by atoms with Crippen molar-refractivity contribution in [2.75, 3.05) is 0 Å². The number of benzene rings is 5. The third-order valence-electron chi connectivity index (χ3n) is 8.85. The predicted octanol–water partition coefficient (Wildman–Crippen LogP) is 12.4. The van der Waals surface area contributed by atoms with Crippen molar-refractivity contribution >= 4 is 59.3 Å². The Kier molecular flexibility index (Phi) is 25.1. The van der Waals surface area contributed by atoms with Crippen molar-refractivity contribution in [2.24, 2.45) is 0 Å². The van der Waals surface area contributed by atoms with E-state index in [2.05, 4.69) is 0 Å². The number of esters is 2. The van der Waals surface area contributed by atoms with Gasteiger partial charge >= 0.3 is 23.3 Å². The molecule has 0 atom stereocenters. The number of phenols is 3. The summed E-state index contributed by atoms with van der Waals surface area (Å²) < 4.78 is 9.97. The second-order valence-electron chi connectivity index (χ2n) is 13.2. The molecule has 0 aliphatic rings. The fraction of sp³-hybridized carbons (Fsp3) is 0.283. The Balaban J connectivity index is 0.000000687. The number of phenolic OH excluding ortho intramolecular Hbond substituents is 3. The van der Waals surface area contributed by atoms with Gasteiger partial charge in [-0.05, 0) is 162 Å². The average molecular weight is 870 g/mol. The number of ketones is 1. The summed E-state index contributed by atoms with van der Waals surface area (Å²) in [6, 6.07) is 25.9. The minimum Gasteiger partial charge on any atom is -0.508 e. The van der Waals surface area contributed by atoms with E-state index in [9.17, 15) is 19.5 Å². The molecule has 3 N–H and O–H groups in total. The molecule has 312 valence electrons. The Hall–Kier alpha value is -4.49. The first kappa shape index (κ1) is 53.5. The third kappa shape index (κ3) is 20.3. The van der Waals surface area contributed by atoms with Crippen molar-refractivity contribution in [1.29, 1.82) is 0 Å². The number of Topliss-reactive ketones (excluding diaryl/α,β-unsaturated/α-hetero) is 1. The highest BCUT2D eigenvalue weighted by molar-refractivity contribution is 7.54. The van der Waals surface area contributed by atoms with Gasteiger partial charge in [0.15, 0.2) is 5.78 Å². The van der Waals surface area contributed by atoms with Gasteiger partial charge in [-0.2, -0.15) is 0 Å². The van der Waals surface area contributed by atoms with Gasteiger partial charge in [0.2, 0.25) is 0 Å². The van der Waals surface area contributed by atoms with Crippen LogP contribution in [0.2, 0.25) is 0 Å². The van der Waals surface area contributed by atoms with Crippen LogP contribution < -0.4 is 9.47 Å². The van der Waals surface area contributed by atoms with E-state index in [0.717, 1.165) is 55.6 Å². The van der Waals surface area contributed by atoms with Crippen molar-refractivity contribution < 1.29 is 39.2 Å². The van der Waals surface area contributed by atoms with E-state index in [4.69, 9.17) is 49.8 Å². The summed E-state index contributed by atoms with van der Waals surface area (Å²) in [6.45, 7) is 23.6. The lowest BCUT2D eigenvalue weighted by Gasteiger charge is -2.06. The maximum absolute atomic E-state index is 11.0. The molecular weight excluding hydrogens is 814 g/mol. The summed E-state index contributed by atoms with van der Waals surface area (Å²) >= 11 is -1.72. The Morgan fingerprint density at radius 1 is 0.448 bits per heavy atom. The molecule has 0 saturated heterocycles. The molecule has 0 bridgehead atoms. The molecule has 0 heterocycles. The zero-order valence-electron chi connectivity index (χ0n) is 35.7. The third-order valence-corrected chi connectivity index (χ3v) is 8.85. The molecule has 0 aliphatic carbocycles. The van der Waals surface area contributed by atoms with Crippen LogP contribution in [0.4, 0.5) is 0 Å². The first-order chi connectivity index (χ1) is 26.9. The van der Waals surface area contributed by atoms with Crippen LogP contribution in [0.3, 0.4) is 0 Å². The smallest absolute Gasteiger partial charge is 0.508 e. The summed E-state index contributed by atoms with van der Waals surface area (Å²) in [4.78, 5) is 32.3. The van der Waals surface area contributed by atoms with Crippen LogP contribution in [-0.2, 0) is 9.59 Å². The fourth-order valence-corrected chi connectivity index (χ4v) is 4.54. The second kappa shape index (κ2) is 27.2. The molecule has 0 fully saturated rings. The monoisotopic (exact) mass is 868 g/mol. The lowest BCUT2D eigenvalue weighted by Crippen LogP contribution is -2.03. The zero-order valence-corrected chi connectivity index (χ0v) is 39.1. The second-order valence-corrected chi connectivity index (χ2v) is 19.7. The number of rotatable bonds is 3. The summed E-state index contributed by atoms with van der Waals surface area (Å²) in [5.41, 5.74) is 10.7. The molecule has 0 unspecified atom stereocenters. The number of carbonyl (C=O) groups excluding carboxylic acids is 3. The molecule has 0 radical (unpaired) electrons. The van der Waals surface area contributed by atoms with Gasteiger partial charge in [0.25, 0.3) is 0 Å². The highest BCUT2D eigenvalue weighted by Crippen LogP contribution is 2.25. The van der Waals surface area contributed by atoms with Gasteiger partial charge < -0.3 is 24.8 Å². The van der Waals surface area contributed by atoms with E-state index in [0.29, 0.717) is 28.6 Å². The molecule has 8 nitrogen and oxygen atoms in total. The van der Waals surface area contributed by atoms with Gasteiger partial charge in [-0.3, -0.25) is 14.4 Å². The van der Waals surface area contributed by atoms with Gasteiger partial charge in [-0.25, -0.2) is 30.1 Å². The molecule has 58 heavy (non-hydrogen) atoms. The van der Waals surface area contributed by atoms with E-state index in [-0.39, 0.29) is 23.5 Å². The molecule has 5 aromatic carbocycles. The molecule has 0 aliphatic heterocycles. The minimum atomic E-state index is -1.72. The first-order valence-corrected chi connectivity index (χ1v) is 23.4. The van der Waals surface area contributed by atoms with Gasteiger partial charge in [0.05, 0.1) is 5.56 Å². The number of ether oxygens (including phenoxy) is 2. The maximum atomic E-state index is 11.0. The fourth-order valence-electron chi connectivity index (χ4n) is 4.54. The summed E-state index contributed by atoms with van der Waals surface area (Å²) in [6.07, 6.45) is 0. The molecule has 12 heteroatoms. The highest BCUT2D eigenvalue weighted by Gasteiger charge is 2.09. The first-order valence-electron chi connectivity index (χ1n) is 18.1. The van der Waals surface area contributed by atoms with Gasteiger partial charge in [-0.15, -0.1) is 0 Å². The molecule has 5 rings (SSSR count). The molecule has 0 aromatic heterocycles. The van der Waals surface area contributed by atoms with Gasteiger partial charge in [0.1, 0.15) is 28.7 Å². The number of hydrogen-bond acceptors (Lipinski definition) is 8. The van der Waals surface area contributed by atoms with Crippen LogP contribution in [0.1, 0.15) is 86.8 Å². The van der Waals surface area contributed by atoms with Crippen LogP contribution in [0.15, 0.2) is 84.9 Å². The van der Waals surface area contributed by atoms with Crippen LogP contribution >= 0.6 is 30.1 Å². The summed E-state index contributed by atoms with van der Waals surface area (Å²) in [5, 5.41) is 27.7. The standard InChI is InChI=1S/3C10H12O2.2C8H10O.Al.3ClH/c2*1-7-5-4-6-10(8(7)2)12-9(3)11;1-6-4-5-9(8(3)11)10(12)7(6)2;2*1-6-4-3-5-8(9)7(6)2;;;;/h2*4-6H,1-3H3;4-5,12H,1-3H3;2*3-5,9H,1-2H3;;3*1H/q;;;;;+3;;;/p-3. The Morgan fingerprint density at radius 2 is 0.741 bits per heavy atom. The number of carbonyl (C=O) groups is 3. The van der Waals surface area contributed by atoms with E-state index in [1.807, 2.05) is 117 Å². The van der Waals surface area contributed by atoms with Crippen LogP contribution in [-0.4, -0.2) is 44.4 Å². The maximum Gasteiger partial charge on any atom is 0.643 e. The van der Waals surface area contributed by atoms with Crippen LogP contribution in [0.5, 0.6) is 28.7 Å². The molecular formula is C46H56AlCl3O8. The zero-order chi connectivity index (χ0) is 44.9. The number of halogens is 3. The van der Waals surface area contributed by atoms with Crippen molar-refractivity contribution in [1.82, 2.24) is 0 Å². The molecule has 5 aromatic rings. The van der Waals surface area contributed by atoms with Crippen LogP contribution in [0.25, 0.3) is 0 Å². The van der Waals surface area contributed by atoms with Crippen LogP contribution in [0, 0.1) is 69.2 Å². The number of hydrogen-bond donors (Lipinski definition) is 3. The number of aromatic hydroxyl groups is 3. The Bertz CT molecular complexity index is 1960. The highest BCUT2D eigenvalue weighted by atomic mass is 35.8. The van der Waals surface area contributed by atoms with Crippen molar-refractivity contribution in [3.05, 3.63) is 146 Å². The van der Waals surface area contributed by atoms with Crippen molar-refractivity contribution in [2.45, 2.75) is 90.0 Å². The summed E-state index contributed by atoms with van der Waals surface area (Å²) in [5.74, 6) is 1.54. The largest absolute Gasteiger partial charge is 0.643 e. The Morgan fingerprint density at radius 3 is 1.02 bits per heavy atom. The van der Waals surface area contributed by atoms with E-state index < -0.39 is 11.4 Å². The molecule has 0 spiro atoms. The number of aryl methyl sites for hydroxylation is 5. The van der Waals surface area contributed by atoms with Crippen molar-refractivity contribution in [3.8, 4) is 28.7 Å². The normalized spacial score (nSPS) is 9.45. The minimum absolute atomic E-state index is 0.101. The lowest BCUT2D eigenvalue weighted by molar-refractivity contribution is -0.132. The average Bonchev–Trinajstić information content (AvgIpc) is 3.13. The van der Waals surface area contributed by atoms with Crippen molar-refractivity contribution in [3.63, 3.8) is 0 Å². The van der Waals surface area contributed by atoms with E-state index in [1.165, 1.54) is 20.8 Å². The summed E-state index contributed by atoms with van der Waals surface area (Å²) in [7, 11) is 14.8.